The molecule has 0 aromatic heterocycles. The molecule has 0 bridgehead atoms. The van der Waals surface area contributed by atoms with Crippen molar-refractivity contribution in [2.45, 2.75) is 32.8 Å². The van der Waals surface area contributed by atoms with Crippen LogP contribution >= 0.6 is 0 Å². The molecule has 2 rings (SSSR count). The molecule has 1 saturated heterocycles. The maximum Gasteiger partial charge on any atom is 0.263 e. The normalized spacial score (nSPS) is 17.1. The fraction of sp³-hybridized carbons (Fsp3) is 0.562. The van der Waals surface area contributed by atoms with Gasteiger partial charge in [0.15, 0.2) is 6.10 Å². The second-order valence-electron chi connectivity index (χ2n) is 5.42. The van der Waals surface area contributed by atoms with Gasteiger partial charge in [0.25, 0.3) is 5.91 Å². The third-order valence-corrected chi connectivity index (χ3v) is 3.53. The SMILES string of the molecule is CC(C)c1ccc(O[C@H](C)C(=O)N2CCOCC2)cc1. The standard InChI is InChI=1S/C16H23NO3/c1-12(2)14-4-6-15(7-5-14)20-13(3)16(18)17-8-10-19-11-9-17/h4-7,12-13H,8-11H2,1-3H3/t13-/m1/s1. The number of amides is 1. The molecule has 0 unspecified atom stereocenters. The molecular weight excluding hydrogens is 254 g/mol. The van der Waals surface area contributed by atoms with Gasteiger partial charge in [0, 0.05) is 13.1 Å². The van der Waals surface area contributed by atoms with Gasteiger partial charge in [0.1, 0.15) is 5.75 Å². The Kier molecular flexibility index (Phi) is 5.01. The van der Waals surface area contributed by atoms with Crippen molar-refractivity contribution in [3.05, 3.63) is 29.8 Å². The van der Waals surface area contributed by atoms with Gasteiger partial charge in [-0.3, -0.25) is 4.79 Å². The highest BCUT2D eigenvalue weighted by Crippen LogP contribution is 2.19. The summed E-state index contributed by atoms with van der Waals surface area (Å²) in [5, 5.41) is 0. The van der Waals surface area contributed by atoms with Gasteiger partial charge in [-0.2, -0.15) is 0 Å². The lowest BCUT2D eigenvalue weighted by Gasteiger charge is -2.29. The van der Waals surface area contributed by atoms with Gasteiger partial charge in [-0.05, 0) is 30.5 Å². The van der Waals surface area contributed by atoms with E-state index in [0.717, 1.165) is 5.75 Å². The summed E-state index contributed by atoms with van der Waals surface area (Å²) < 4.78 is 11.0. The maximum atomic E-state index is 12.2. The molecule has 1 fully saturated rings. The predicted molar refractivity (Wildman–Crippen MR) is 78.0 cm³/mol. The summed E-state index contributed by atoms with van der Waals surface area (Å²) in [6.45, 7) is 8.63. The van der Waals surface area contributed by atoms with Gasteiger partial charge in [-0.15, -0.1) is 0 Å². The third-order valence-electron chi connectivity index (χ3n) is 3.53. The number of morpholine rings is 1. The molecule has 0 saturated carbocycles. The van der Waals surface area contributed by atoms with Crippen molar-refractivity contribution in [2.75, 3.05) is 26.3 Å². The fourth-order valence-electron chi connectivity index (χ4n) is 2.23. The first-order valence-corrected chi connectivity index (χ1v) is 7.21. The number of carbonyl (C=O) groups is 1. The van der Waals surface area contributed by atoms with E-state index < -0.39 is 6.10 Å². The quantitative estimate of drug-likeness (QED) is 0.848. The lowest BCUT2D eigenvalue weighted by atomic mass is 10.0. The number of ether oxygens (including phenoxy) is 2. The van der Waals surface area contributed by atoms with Crippen LogP contribution in [0.2, 0.25) is 0 Å². The molecule has 0 N–H and O–H groups in total. The highest BCUT2D eigenvalue weighted by Gasteiger charge is 2.23. The fourth-order valence-corrected chi connectivity index (χ4v) is 2.23. The van der Waals surface area contributed by atoms with Crippen molar-refractivity contribution in [2.24, 2.45) is 0 Å². The highest BCUT2D eigenvalue weighted by atomic mass is 16.5. The van der Waals surface area contributed by atoms with E-state index in [9.17, 15) is 4.79 Å². The van der Waals surface area contributed by atoms with Crippen molar-refractivity contribution in [1.82, 2.24) is 4.90 Å². The van der Waals surface area contributed by atoms with Crippen LogP contribution in [0, 0.1) is 0 Å². The largest absolute Gasteiger partial charge is 0.481 e. The monoisotopic (exact) mass is 277 g/mol. The van der Waals surface area contributed by atoms with E-state index in [4.69, 9.17) is 9.47 Å². The summed E-state index contributed by atoms with van der Waals surface area (Å²) >= 11 is 0. The zero-order chi connectivity index (χ0) is 14.5. The summed E-state index contributed by atoms with van der Waals surface area (Å²) in [5.41, 5.74) is 1.27. The first-order valence-electron chi connectivity index (χ1n) is 7.21. The molecule has 1 aliphatic heterocycles. The van der Waals surface area contributed by atoms with Crippen LogP contribution in [0.3, 0.4) is 0 Å². The molecule has 20 heavy (non-hydrogen) atoms. The first kappa shape index (κ1) is 14.9. The molecule has 1 heterocycles. The summed E-state index contributed by atoms with van der Waals surface area (Å²) in [6.07, 6.45) is -0.460. The molecule has 1 aromatic carbocycles. The number of carbonyl (C=O) groups excluding carboxylic acids is 1. The smallest absolute Gasteiger partial charge is 0.263 e. The topological polar surface area (TPSA) is 38.8 Å². The van der Waals surface area contributed by atoms with Gasteiger partial charge in [-0.25, -0.2) is 0 Å². The van der Waals surface area contributed by atoms with Crippen LogP contribution in [0.25, 0.3) is 0 Å². The Morgan fingerprint density at radius 1 is 1.15 bits per heavy atom. The Balaban J connectivity index is 1.92. The van der Waals surface area contributed by atoms with Crippen LogP contribution in [0.15, 0.2) is 24.3 Å². The number of benzene rings is 1. The Bertz CT molecular complexity index is 436. The van der Waals surface area contributed by atoms with E-state index in [1.54, 1.807) is 11.8 Å². The highest BCUT2D eigenvalue weighted by molar-refractivity contribution is 5.81. The number of rotatable bonds is 4. The second kappa shape index (κ2) is 6.75. The van der Waals surface area contributed by atoms with Crippen LogP contribution in [0.5, 0.6) is 5.75 Å². The number of hydrogen-bond donors (Lipinski definition) is 0. The van der Waals surface area contributed by atoms with E-state index in [-0.39, 0.29) is 5.91 Å². The Hall–Kier alpha value is -1.55. The average Bonchev–Trinajstić information content (AvgIpc) is 2.48. The molecule has 1 amide bonds. The van der Waals surface area contributed by atoms with Crippen molar-refractivity contribution in [3.8, 4) is 5.75 Å². The van der Waals surface area contributed by atoms with Gasteiger partial charge in [0.05, 0.1) is 13.2 Å². The molecular formula is C16H23NO3. The third kappa shape index (κ3) is 3.73. The molecule has 0 radical (unpaired) electrons. The van der Waals surface area contributed by atoms with Crippen LogP contribution in [-0.4, -0.2) is 43.2 Å². The van der Waals surface area contributed by atoms with Crippen LogP contribution in [0.4, 0.5) is 0 Å². The number of nitrogens with zero attached hydrogens (tertiary/aromatic N) is 1. The summed E-state index contributed by atoms with van der Waals surface area (Å²) in [6, 6.07) is 7.95. The van der Waals surface area contributed by atoms with E-state index in [1.165, 1.54) is 5.56 Å². The molecule has 0 spiro atoms. The molecule has 110 valence electrons. The molecule has 0 aliphatic carbocycles. The average molecular weight is 277 g/mol. The second-order valence-corrected chi connectivity index (χ2v) is 5.42. The molecule has 4 heteroatoms. The minimum atomic E-state index is -0.460. The summed E-state index contributed by atoms with van der Waals surface area (Å²) in [7, 11) is 0. The van der Waals surface area contributed by atoms with Gasteiger partial charge >= 0.3 is 0 Å². The Morgan fingerprint density at radius 2 is 1.75 bits per heavy atom. The van der Waals surface area contributed by atoms with Crippen LogP contribution in [-0.2, 0) is 9.53 Å². The van der Waals surface area contributed by atoms with Crippen LogP contribution < -0.4 is 4.74 Å². The zero-order valence-electron chi connectivity index (χ0n) is 12.5. The predicted octanol–water partition coefficient (Wildman–Crippen LogP) is 2.44. The van der Waals surface area contributed by atoms with Gasteiger partial charge in [-0.1, -0.05) is 26.0 Å². The zero-order valence-corrected chi connectivity index (χ0v) is 12.5. The minimum absolute atomic E-state index is 0.0289. The van der Waals surface area contributed by atoms with Crippen molar-refractivity contribution >= 4 is 5.91 Å². The molecule has 4 nitrogen and oxygen atoms in total. The minimum Gasteiger partial charge on any atom is -0.481 e. The lowest BCUT2D eigenvalue weighted by molar-refractivity contribution is -0.142. The molecule has 1 atom stereocenters. The van der Waals surface area contributed by atoms with E-state index in [2.05, 4.69) is 13.8 Å². The molecule has 1 aromatic rings. The number of hydrogen-bond acceptors (Lipinski definition) is 3. The van der Waals surface area contributed by atoms with Gasteiger partial charge < -0.3 is 14.4 Å². The Morgan fingerprint density at radius 3 is 2.30 bits per heavy atom. The van der Waals surface area contributed by atoms with Gasteiger partial charge in [0.2, 0.25) is 0 Å². The first-order chi connectivity index (χ1) is 9.58. The van der Waals surface area contributed by atoms with Crippen molar-refractivity contribution < 1.29 is 14.3 Å². The summed E-state index contributed by atoms with van der Waals surface area (Å²) in [5.74, 6) is 1.27. The molecule has 1 aliphatic rings. The lowest BCUT2D eigenvalue weighted by Crippen LogP contribution is -2.46. The van der Waals surface area contributed by atoms with Crippen LogP contribution in [0.1, 0.15) is 32.3 Å². The summed E-state index contributed by atoms with van der Waals surface area (Å²) in [4.78, 5) is 14.0. The van der Waals surface area contributed by atoms with Crippen molar-refractivity contribution in [1.29, 1.82) is 0 Å². The Labute approximate surface area is 120 Å². The van der Waals surface area contributed by atoms with E-state index in [1.807, 2.05) is 24.3 Å². The maximum absolute atomic E-state index is 12.2. The van der Waals surface area contributed by atoms with E-state index >= 15 is 0 Å². The van der Waals surface area contributed by atoms with E-state index in [0.29, 0.717) is 32.2 Å². The van der Waals surface area contributed by atoms with Crippen molar-refractivity contribution in [3.63, 3.8) is 0 Å².